The van der Waals surface area contributed by atoms with E-state index in [1.807, 2.05) is 48.5 Å². The first-order valence-corrected chi connectivity index (χ1v) is 8.70. The second-order valence-electron chi connectivity index (χ2n) is 5.97. The Hall–Kier alpha value is -3.44. The number of hydrazone groups is 1. The monoisotopic (exact) mass is 374 g/mol. The van der Waals surface area contributed by atoms with Crippen molar-refractivity contribution in [2.24, 2.45) is 5.10 Å². The first kappa shape index (κ1) is 17.0. The van der Waals surface area contributed by atoms with Crippen LogP contribution < -0.4 is 5.43 Å². The van der Waals surface area contributed by atoms with Crippen molar-refractivity contribution in [3.63, 3.8) is 0 Å². The zero-order chi connectivity index (χ0) is 18.6. The van der Waals surface area contributed by atoms with Gasteiger partial charge in [-0.3, -0.25) is 9.89 Å². The number of carbonyl (C=O) groups is 1. The first-order valence-electron chi connectivity index (χ1n) is 8.32. The molecular formula is C21H15ClN4O. The molecule has 0 saturated carbocycles. The second kappa shape index (κ2) is 7.43. The minimum absolute atomic E-state index is 0.270. The van der Waals surface area contributed by atoms with Gasteiger partial charge in [-0.15, -0.1) is 0 Å². The fourth-order valence-electron chi connectivity index (χ4n) is 2.80. The van der Waals surface area contributed by atoms with E-state index in [-0.39, 0.29) is 5.91 Å². The molecule has 132 valence electrons. The van der Waals surface area contributed by atoms with Gasteiger partial charge in [0, 0.05) is 21.7 Å². The highest BCUT2D eigenvalue weighted by Crippen LogP contribution is 2.22. The number of fused-ring (bicyclic) bond motifs is 1. The van der Waals surface area contributed by atoms with Crippen LogP contribution in [0.5, 0.6) is 0 Å². The van der Waals surface area contributed by atoms with E-state index in [1.165, 1.54) is 0 Å². The summed E-state index contributed by atoms with van der Waals surface area (Å²) in [5.74, 6) is -0.270. The Balaban J connectivity index is 1.50. The van der Waals surface area contributed by atoms with Gasteiger partial charge < -0.3 is 0 Å². The lowest BCUT2D eigenvalue weighted by molar-refractivity contribution is 0.0955. The molecule has 1 aromatic heterocycles. The Kier molecular flexibility index (Phi) is 4.68. The van der Waals surface area contributed by atoms with Crippen LogP contribution in [-0.4, -0.2) is 22.3 Å². The van der Waals surface area contributed by atoms with Crippen LogP contribution in [0.15, 0.2) is 78.0 Å². The predicted octanol–water partition coefficient (Wildman–Crippen LogP) is 4.65. The number of halogens is 1. The first-order chi connectivity index (χ1) is 13.2. The standard InChI is InChI=1S/C21H15ClN4O/c22-19-9-7-15(8-10-19)20-18(12-23-25-20)13-24-26-21(27)17-6-5-14-3-1-2-4-16(14)11-17/h1-13H,(H,23,25)(H,26,27). The fourth-order valence-corrected chi connectivity index (χ4v) is 2.92. The molecular weight excluding hydrogens is 360 g/mol. The second-order valence-corrected chi connectivity index (χ2v) is 6.40. The fraction of sp³-hybridized carbons (Fsp3) is 0. The molecule has 0 unspecified atom stereocenters. The van der Waals surface area contributed by atoms with Gasteiger partial charge in [0.15, 0.2) is 0 Å². The van der Waals surface area contributed by atoms with E-state index < -0.39 is 0 Å². The molecule has 4 aromatic rings. The largest absolute Gasteiger partial charge is 0.277 e. The Morgan fingerprint density at radius 2 is 1.81 bits per heavy atom. The van der Waals surface area contributed by atoms with Gasteiger partial charge >= 0.3 is 0 Å². The molecule has 0 aliphatic heterocycles. The maximum atomic E-state index is 12.3. The van der Waals surface area contributed by atoms with Crippen molar-refractivity contribution < 1.29 is 4.79 Å². The van der Waals surface area contributed by atoms with Gasteiger partial charge in [-0.25, -0.2) is 5.43 Å². The van der Waals surface area contributed by atoms with Gasteiger partial charge in [-0.2, -0.15) is 10.2 Å². The van der Waals surface area contributed by atoms with E-state index in [4.69, 9.17) is 11.6 Å². The SMILES string of the molecule is O=C(NN=Cc1cn[nH]c1-c1ccc(Cl)cc1)c1ccc2ccccc2c1. The molecule has 0 bridgehead atoms. The number of nitrogens with one attached hydrogen (secondary N) is 2. The average Bonchev–Trinajstić information content (AvgIpc) is 3.16. The van der Waals surface area contributed by atoms with Gasteiger partial charge in [0.05, 0.1) is 18.1 Å². The summed E-state index contributed by atoms with van der Waals surface area (Å²) in [4.78, 5) is 12.3. The summed E-state index contributed by atoms with van der Waals surface area (Å²) >= 11 is 5.93. The van der Waals surface area contributed by atoms with Gasteiger partial charge in [-0.1, -0.05) is 54.1 Å². The Labute approximate surface area is 160 Å². The van der Waals surface area contributed by atoms with Crippen molar-refractivity contribution in [3.05, 3.63) is 89.1 Å². The number of aromatic amines is 1. The molecule has 0 fully saturated rings. The molecule has 1 amide bonds. The highest BCUT2D eigenvalue weighted by atomic mass is 35.5. The summed E-state index contributed by atoms with van der Waals surface area (Å²) in [6.45, 7) is 0. The van der Waals surface area contributed by atoms with E-state index >= 15 is 0 Å². The zero-order valence-electron chi connectivity index (χ0n) is 14.2. The summed E-state index contributed by atoms with van der Waals surface area (Å²) in [7, 11) is 0. The molecule has 0 aliphatic carbocycles. The lowest BCUT2D eigenvalue weighted by Gasteiger charge is -2.03. The van der Waals surface area contributed by atoms with Crippen molar-refractivity contribution >= 4 is 34.5 Å². The van der Waals surface area contributed by atoms with Crippen LogP contribution in [0.4, 0.5) is 0 Å². The molecule has 1 heterocycles. The number of nitrogens with zero attached hydrogens (tertiary/aromatic N) is 2. The number of amides is 1. The molecule has 0 radical (unpaired) electrons. The van der Waals surface area contributed by atoms with Crippen LogP contribution in [0.3, 0.4) is 0 Å². The number of hydrogen-bond acceptors (Lipinski definition) is 3. The summed E-state index contributed by atoms with van der Waals surface area (Å²) in [5.41, 5.74) is 5.60. The van der Waals surface area contributed by atoms with E-state index in [0.717, 1.165) is 27.6 Å². The molecule has 0 aliphatic rings. The van der Waals surface area contributed by atoms with Crippen LogP contribution >= 0.6 is 11.6 Å². The maximum absolute atomic E-state index is 12.3. The van der Waals surface area contributed by atoms with Crippen LogP contribution in [0.25, 0.3) is 22.0 Å². The molecule has 3 aromatic carbocycles. The Morgan fingerprint density at radius 1 is 1.04 bits per heavy atom. The molecule has 6 heteroatoms. The average molecular weight is 375 g/mol. The molecule has 2 N–H and O–H groups in total. The van der Waals surface area contributed by atoms with E-state index in [9.17, 15) is 4.79 Å². The van der Waals surface area contributed by atoms with Gasteiger partial charge in [0.25, 0.3) is 5.91 Å². The Morgan fingerprint density at radius 3 is 2.63 bits per heavy atom. The number of hydrogen-bond donors (Lipinski definition) is 2. The highest BCUT2D eigenvalue weighted by Gasteiger charge is 2.07. The number of carbonyl (C=O) groups excluding carboxylic acids is 1. The minimum Gasteiger partial charge on any atom is -0.277 e. The smallest absolute Gasteiger partial charge is 0.271 e. The van der Waals surface area contributed by atoms with Crippen LogP contribution in [0, 0.1) is 0 Å². The summed E-state index contributed by atoms with van der Waals surface area (Å²) < 4.78 is 0. The number of H-pyrrole nitrogens is 1. The normalized spacial score (nSPS) is 11.1. The van der Waals surface area contributed by atoms with E-state index in [0.29, 0.717) is 10.6 Å². The van der Waals surface area contributed by atoms with Crippen LogP contribution in [0.2, 0.25) is 5.02 Å². The third-order valence-corrected chi connectivity index (χ3v) is 4.43. The van der Waals surface area contributed by atoms with E-state index in [1.54, 1.807) is 30.6 Å². The molecule has 27 heavy (non-hydrogen) atoms. The summed E-state index contributed by atoms with van der Waals surface area (Å²) in [6.07, 6.45) is 3.21. The minimum atomic E-state index is -0.270. The van der Waals surface area contributed by atoms with Crippen molar-refractivity contribution in [3.8, 4) is 11.3 Å². The van der Waals surface area contributed by atoms with Gasteiger partial charge in [0.1, 0.15) is 0 Å². The molecule has 0 saturated heterocycles. The number of rotatable bonds is 4. The molecule has 0 atom stereocenters. The third kappa shape index (κ3) is 3.73. The van der Waals surface area contributed by atoms with Crippen molar-refractivity contribution in [2.45, 2.75) is 0 Å². The van der Waals surface area contributed by atoms with Crippen molar-refractivity contribution in [2.75, 3.05) is 0 Å². The maximum Gasteiger partial charge on any atom is 0.271 e. The quantitative estimate of drug-likeness (QED) is 0.403. The highest BCUT2D eigenvalue weighted by molar-refractivity contribution is 6.30. The topological polar surface area (TPSA) is 70.1 Å². The van der Waals surface area contributed by atoms with Gasteiger partial charge in [-0.05, 0) is 35.0 Å². The van der Waals surface area contributed by atoms with Crippen LogP contribution in [-0.2, 0) is 0 Å². The van der Waals surface area contributed by atoms with Crippen molar-refractivity contribution in [1.29, 1.82) is 0 Å². The van der Waals surface area contributed by atoms with E-state index in [2.05, 4.69) is 20.7 Å². The lowest BCUT2D eigenvalue weighted by atomic mass is 10.1. The zero-order valence-corrected chi connectivity index (χ0v) is 14.9. The third-order valence-electron chi connectivity index (χ3n) is 4.18. The molecule has 4 rings (SSSR count). The summed E-state index contributed by atoms with van der Waals surface area (Å²) in [6, 6.07) is 20.8. The lowest BCUT2D eigenvalue weighted by Crippen LogP contribution is -2.17. The number of aromatic nitrogens is 2. The number of benzene rings is 3. The summed E-state index contributed by atoms with van der Waals surface area (Å²) in [5, 5.41) is 13.8. The van der Waals surface area contributed by atoms with Gasteiger partial charge in [0.2, 0.25) is 0 Å². The van der Waals surface area contributed by atoms with Crippen LogP contribution in [0.1, 0.15) is 15.9 Å². The molecule has 5 nitrogen and oxygen atoms in total. The molecule has 0 spiro atoms. The predicted molar refractivity (Wildman–Crippen MR) is 108 cm³/mol. The Bertz CT molecular complexity index is 1130. The van der Waals surface area contributed by atoms with Crippen molar-refractivity contribution in [1.82, 2.24) is 15.6 Å².